The fourth-order valence-electron chi connectivity index (χ4n) is 3.15. The molecule has 0 N–H and O–H groups in total. The molecule has 3 rings (SSSR count). The normalized spacial score (nSPS) is 12.4. The maximum absolute atomic E-state index is 12.4. The average molecular weight is 369 g/mol. The molecule has 6 nitrogen and oxygen atoms in total. The van der Waals surface area contributed by atoms with E-state index in [0.717, 1.165) is 23.2 Å². The van der Waals surface area contributed by atoms with Crippen LogP contribution in [0.3, 0.4) is 0 Å². The summed E-state index contributed by atoms with van der Waals surface area (Å²) >= 11 is 0. The molecule has 1 aliphatic heterocycles. The number of para-hydroxylation sites is 1. The van der Waals surface area contributed by atoms with Gasteiger partial charge in [-0.25, -0.2) is 0 Å². The first kappa shape index (κ1) is 18.8. The van der Waals surface area contributed by atoms with Gasteiger partial charge >= 0.3 is 5.97 Å². The van der Waals surface area contributed by atoms with E-state index in [1.54, 1.807) is 25.2 Å². The Morgan fingerprint density at radius 3 is 2.44 bits per heavy atom. The highest BCUT2D eigenvalue weighted by Gasteiger charge is 2.24. The lowest BCUT2D eigenvalue weighted by Crippen LogP contribution is -2.33. The molecule has 0 radical (unpaired) electrons. The largest absolute Gasteiger partial charge is 0.497 e. The third-order valence-corrected chi connectivity index (χ3v) is 4.57. The van der Waals surface area contributed by atoms with Gasteiger partial charge in [-0.1, -0.05) is 18.2 Å². The van der Waals surface area contributed by atoms with E-state index in [0.29, 0.717) is 24.5 Å². The van der Waals surface area contributed by atoms with Crippen LogP contribution in [0.25, 0.3) is 0 Å². The quantitative estimate of drug-likeness (QED) is 0.702. The Bertz CT molecular complexity index is 811. The number of esters is 1. The second-order valence-electron chi connectivity index (χ2n) is 6.31. The van der Waals surface area contributed by atoms with Crippen molar-refractivity contribution in [1.29, 1.82) is 0 Å². The van der Waals surface area contributed by atoms with Crippen molar-refractivity contribution < 1.29 is 23.8 Å². The highest BCUT2D eigenvalue weighted by molar-refractivity contribution is 5.97. The lowest BCUT2D eigenvalue weighted by Gasteiger charge is -2.17. The Labute approximate surface area is 158 Å². The Balaban J connectivity index is 1.50. The highest BCUT2D eigenvalue weighted by atomic mass is 16.5. The molecule has 6 heteroatoms. The van der Waals surface area contributed by atoms with Gasteiger partial charge < -0.3 is 19.1 Å². The maximum Gasteiger partial charge on any atom is 0.306 e. The number of aryl methyl sites for hydroxylation is 1. The molecule has 0 spiro atoms. The molecule has 0 saturated carbocycles. The average Bonchev–Trinajstić information content (AvgIpc) is 3.14. The lowest BCUT2D eigenvalue weighted by molar-refractivity contribution is -0.147. The molecule has 0 bridgehead atoms. The van der Waals surface area contributed by atoms with Crippen LogP contribution in [0.4, 0.5) is 5.69 Å². The molecule has 0 aromatic heterocycles. The summed E-state index contributed by atoms with van der Waals surface area (Å²) in [5.74, 6) is 0.732. The third kappa shape index (κ3) is 4.58. The van der Waals surface area contributed by atoms with Crippen molar-refractivity contribution in [2.24, 2.45) is 0 Å². The number of nitrogens with zero attached hydrogens (tertiary/aromatic N) is 1. The SMILES string of the molecule is COc1cc(CCC(=O)OCC(=O)N2CCc3ccccc32)cc(OC)c1. The molecule has 2 aromatic rings. The van der Waals surface area contributed by atoms with E-state index >= 15 is 0 Å². The number of methoxy groups -OCH3 is 2. The van der Waals surface area contributed by atoms with E-state index in [2.05, 4.69) is 0 Å². The molecule has 0 aliphatic carbocycles. The fourth-order valence-corrected chi connectivity index (χ4v) is 3.15. The molecule has 1 heterocycles. The zero-order chi connectivity index (χ0) is 19.2. The second-order valence-corrected chi connectivity index (χ2v) is 6.31. The minimum absolute atomic E-state index is 0.181. The number of benzene rings is 2. The number of rotatable bonds is 7. The Morgan fingerprint density at radius 2 is 1.74 bits per heavy atom. The summed E-state index contributed by atoms with van der Waals surface area (Å²) in [4.78, 5) is 26.1. The van der Waals surface area contributed by atoms with Crippen molar-refractivity contribution in [2.75, 3.05) is 32.3 Å². The minimum atomic E-state index is -0.405. The lowest BCUT2D eigenvalue weighted by atomic mass is 10.1. The van der Waals surface area contributed by atoms with E-state index in [9.17, 15) is 9.59 Å². The van der Waals surface area contributed by atoms with Crippen molar-refractivity contribution in [3.05, 3.63) is 53.6 Å². The molecule has 27 heavy (non-hydrogen) atoms. The van der Waals surface area contributed by atoms with Crippen LogP contribution < -0.4 is 14.4 Å². The molecule has 0 fully saturated rings. The smallest absolute Gasteiger partial charge is 0.306 e. The summed E-state index contributed by atoms with van der Waals surface area (Å²) in [6.45, 7) is 0.383. The van der Waals surface area contributed by atoms with Crippen LogP contribution in [-0.2, 0) is 27.2 Å². The van der Waals surface area contributed by atoms with Gasteiger partial charge in [-0.3, -0.25) is 9.59 Å². The summed E-state index contributed by atoms with van der Waals surface area (Å²) in [6.07, 6.45) is 1.49. The van der Waals surface area contributed by atoms with Crippen molar-refractivity contribution in [2.45, 2.75) is 19.3 Å². The van der Waals surface area contributed by atoms with Crippen molar-refractivity contribution in [3.8, 4) is 11.5 Å². The summed E-state index contributed by atoms with van der Waals surface area (Å²) in [5, 5.41) is 0. The Kier molecular flexibility index (Phi) is 5.96. The molecule has 142 valence electrons. The molecule has 1 amide bonds. The van der Waals surface area contributed by atoms with Crippen LogP contribution in [0, 0.1) is 0 Å². The van der Waals surface area contributed by atoms with Crippen LogP contribution in [0.15, 0.2) is 42.5 Å². The molecule has 0 saturated heterocycles. The van der Waals surface area contributed by atoms with Crippen molar-refractivity contribution >= 4 is 17.6 Å². The number of hydrogen-bond acceptors (Lipinski definition) is 5. The maximum atomic E-state index is 12.4. The summed E-state index contributed by atoms with van der Waals surface area (Å²) in [7, 11) is 3.16. The molecular weight excluding hydrogens is 346 g/mol. The van der Waals surface area contributed by atoms with Gasteiger partial charge in [0.25, 0.3) is 5.91 Å². The first-order chi connectivity index (χ1) is 13.1. The van der Waals surface area contributed by atoms with Crippen LogP contribution >= 0.6 is 0 Å². The molecule has 0 unspecified atom stereocenters. The van der Waals surface area contributed by atoms with Crippen LogP contribution in [-0.4, -0.2) is 39.2 Å². The first-order valence-corrected chi connectivity index (χ1v) is 8.86. The Hall–Kier alpha value is -3.02. The first-order valence-electron chi connectivity index (χ1n) is 8.86. The van der Waals surface area contributed by atoms with E-state index < -0.39 is 5.97 Å². The predicted octanol–water partition coefficient (Wildman–Crippen LogP) is 2.77. The standard InChI is InChI=1S/C21H23NO5/c1-25-17-11-15(12-18(13-17)26-2)7-8-21(24)27-14-20(23)22-10-9-16-5-3-4-6-19(16)22/h3-6,11-13H,7-10,14H2,1-2H3. The monoisotopic (exact) mass is 369 g/mol. The third-order valence-electron chi connectivity index (χ3n) is 4.57. The van der Waals surface area contributed by atoms with Crippen LogP contribution in [0.2, 0.25) is 0 Å². The zero-order valence-corrected chi connectivity index (χ0v) is 15.6. The Morgan fingerprint density at radius 1 is 1.04 bits per heavy atom. The van der Waals surface area contributed by atoms with Crippen LogP contribution in [0.1, 0.15) is 17.5 Å². The number of ether oxygens (including phenoxy) is 3. The topological polar surface area (TPSA) is 65.1 Å². The van der Waals surface area contributed by atoms with Gasteiger partial charge in [0.05, 0.1) is 14.2 Å². The highest BCUT2D eigenvalue weighted by Crippen LogP contribution is 2.27. The van der Waals surface area contributed by atoms with Gasteiger partial charge in [0, 0.05) is 24.7 Å². The molecular formula is C21H23NO5. The summed E-state index contributed by atoms with van der Waals surface area (Å²) < 4.78 is 15.6. The van der Waals surface area contributed by atoms with E-state index in [4.69, 9.17) is 14.2 Å². The number of anilines is 1. The number of amides is 1. The van der Waals surface area contributed by atoms with Gasteiger partial charge in [-0.2, -0.15) is 0 Å². The van der Waals surface area contributed by atoms with E-state index in [1.165, 1.54) is 0 Å². The number of carbonyl (C=O) groups excluding carboxylic acids is 2. The zero-order valence-electron chi connectivity index (χ0n) is 15.6. The van der Waals surface area contributed by atoms with Gasteiger partial charge in [-0.15, -0.1) is 0 Å². The van der Waals surface area contributed by atoms with Gasteiger partial charge in [0.1, 0.15) is 11.5 Å². The predicted molar refractivity (Wildman–Crippen MR) is 101 cm³/mol. The van der Waals surface area contributed by atoms with E-state index in [-0.39, 0.29) is 18.9 Å². The van der Waals surface area contributed by atoms with Gasteiger partial charge in [0.15, 0.2) is 6.61 Å². The van der Waals surface area contributed by atoms with Gasteiger partial charge in [-0.05, 0) is 42.2 Å². The number of carbonyl (C=O) groups is 2. The summed E-state index contributed by atoms with van der Waals surface area (Å²) in [6, 6.07) is 13.3. The molecule has 2 aromatic carbocycles. The molecule has 1 aliphatic rings. The number of fused-ring (bicyclic) bond motifs is 1. The van der Waals surface area contributed by atoms with Crippen molar-refractivity contribution in [3.63, 3.8) is 0 Å². The van der Waals surface area contributed by atoms with Crippen molar-refractivity contribution in [1.82, 2.24) is 0 Å². The van der Waals surface area contributed by atoms with E-state index in [1.807, 2.05) is 36.4 Å². The van der Waals surface area contributed by atoms with Crippen LogP contribution in [0.5, 0.6) is 11.5 Å². The second kappa shape index (κ2) is 8.58. The minimum Gasteiger partial charge on any atom is -0.497 e. The fraction of sp³-hybridized carbons (Fsp3) is 0.333. The summed E-state index contributed by atoms with van der Waals surface area (Å²) in [5.41, 5.74) is 2.95. The molecule has 0 atom stereocenters. The number of hydrogen-bond donors (Lipinski definition) is 0. The van der Waals surface area contributed by atoms with Gasteiger partial charge in [0.2, 0.25) is 0 Å².